The Labute approximate surface area is 138 Å². The number of primary sulfonamides is 1. The van der Waals surface area contributed by atoms with Crippen LogP contribution in [0.25, 0.3) is 0 Å². The Morgan fingerprint density at radius 3 is 2.57 bits per heavy atom. The van der Waals surface area contributed by atoms with Gasteiger partial charge in [0.1, 0.15) is 6.07 Å². The van der Waals surface area contributed by atoms with Crippen LogP contribution in [-0.4, -0.2) is 39.5 Å². The lowest BCUT2D eigenvalue weighted by Gasteiger charge is -2.35. The first-order valence-corrected chi connectivity index (χ1v) is 9.37. The highest BCUT2D eigenvalue weighted by atomic mass is 32.2. The van der Waals surface area contributed by atoms with Gasteiger partial charge in [0.25, 0.3) is 0 Å². The molecule has 0 aromatic heterocycles. The molecule has 1 fully saturated rings. The van der Waals surface area contributed by atoms with Crippen LogP contribution in [0.3, 0.4) is 0 Å². The molecule has 126 valence electrons. The van der Waals surface area contributed by atoms with Crippen molar-refractivity contribution in [3.05, 3.63) is 23.8 Å². The average Bonchev–Trinajstić information content (AvgIpc) is 2.45. The van der Waals surface area contributed by atoms with Gasteiger partial charge < -0.3 is 10.2 Å². The molecular weight excluding hydrogens is 312 g/mol. The molecule has 1 heterocycles. The van der Waals surface area contributed by atoms with Crippen molar-refractivity contribution in [2.45, 2.75) is 25.2 Å². The zero-order valence-corrected chi connectivity index (χ0v) is 14.4. The molecule has 3 N–H and O–H groups in total. The van der Waals surface area contributed by atoms with E-state index in [1.807, 2.05) is 6.07 Å². The van der Waals surface area contributed by atoms with Gasteiger partial charge in [-0.3, -0.25) is 0 Å². The predicted octanol–water partition coefficient (Wildman–Crippen LogP) is 1.60. The minimum Gasteiger partial charge on any atom is -0.383 e. The minimum absolute atomic E-state index is 0.0433. The molecule has 7 heteroatoms. The second-order valence-electron chi connectivity index (χ2n) is 6.50. The standard InChI is InChI=1S/C16H24N4O2S/c1-12-7-13(2)11-20(10-12)6-5-19-16-4-3-15(23(18,21)22)8-14(16)9-17/h3-4,8,12-13,19H,5-7,10-11H2,1-2H3,(H2,18,21,22)/t12-,13-/m0/s1. The quantitative estimate of drug-likeness (QED) is 0.851. The van der Waals surface area contributed by atoms with Crippen molar-refractivity contribution in [2.24, 2.45) is 17.0 Å². The van der Waals surface area contributed by atoms with Crippen molar-refractivity contribution in [3.63, 3.8) is 0 Å². The molecule has 23 heavy (non-hydrogen) atoms. The Morgan fingerprint density at radius 2 is 2.00 bits per heavy atom. The average molecular weight is 336 g/mol. The van der Waals surface area contributed by atoms with E-state index in [9.17, 15) is 13.7 Å². The van der Waals surface area contributed by atoms with Gasteiger partial charge >= 0.3 is 0 Å². The zero-order chi connectivity index (χ0) is 17.0. The summed E-state index contributed by atoms with van der Waals surface area (Å²) in [6.45, 7) is 8.36. The van der Waals surface area contributed by atoms with E-state index >= 15 is 0 Å². The van der Waals surface area contributed by atoms with E-state index in [2.05, 4.69) is 24.1 Å². The minimum atomic E-state index is -3.79. The van der Waals surface area contributed by atoms with Gasteiger partial charge in [-0.25, -0.2) is 13.6 Å². The van der Waals surface area contributed by atoms with Crippen molar-refractivity contribution in [2.75, 3.05) is 31.5 Å². The zero-order valence-electron chi connectivity index (χ0n) is 13.6. The number of piperidine rings is 1. The Morgan fingerprint density at radius 1 is 1.35 bits per heavy atom. The van der Waals surface area contributed by atoms with Gasteiger partial charge in [-0.2, -0.15) is 5.26 Å². The number of anilines is 1. The third kappa shape index (κ3) is 4.93. The number of sulfonamides is 1. The normalized spacial score (nSPS) is 22.5. The number of hydrogen-bond acceptors (Lipinski definition) is 5. The van der Waals surface area contributed by atoms with E-state index in [0.29, 0.717) is 24.1 Å². The molecule has 1 aromatic carbocycles. The van der Waals surface area contributed by atoms with E-state index in [1.165, 1.54) is 18.6 Å². The first-order chi connectivity index (χ1) is 10.8. The number of nitriles is 1. The van der Waals surface area contributed by atoms with Gasteiger partial charge in [-0.05, 0) is 36.5 Å². The van der Waals surface area contributed by atoms with E-state index in [1.54, 1.807) is 6.07 Å². The van der Waals surface area contributed by atoms with Crippen LogP contribution in [0.15, 0.2) is 23.1 Å². The van der Waals surface area contributed by atoms with Gasteiger partial charge in [-0.1, -0.05) is 13.8 Å². The highest BCUT2D eigenvalue weighted by Gasteiger charge is 2.21. The second-order valence-corrected chi connectivity index (χ2v) is 8.06. The molecule has 0 saturated carbocycles. The summed E-state index contributed by atoms with van der Waals surface area (Å²) in [5, 5.41) is 17.5. The second kappa shape index (κ2) is 7.30. The summed E-state index contributed by atoms with van der Waals surface area (Å²) in [6.07, 6.45) is 1.28. The molecule has 2 atom stereocenters. The summed E-state index contributed by atoms with van der Waals surface area (Å²) in [7, 11) is -3.79. The van der Waals surface area contributed by atoms with E-state index in [0.717, 1.165) is 19.6 Å². The number of nitrogens with one attached hydrogen (secondary N) is 1. The molecule has 1 aliphatic heterocycles. The van der Waals surface area contributed by atoms with Crippen molar-refractivity contribution in [1.29, 1.82) is 5.26 Å². The molecule has 2 rings (SSSR count). The molecule has 6 nitrogen and oxygen atoms in total. The van der Waals surface area contributed by atoms with Gasteiger partial charge in [0, 0.05) is 26.2 Å². The van der Waals surface area contributed by atoms with Crippen LogP contribution in [0.1, 0.15) is 25.8 Å². The number of likely N-dealkylation sites (tertiary alicyclic amines) is 1. The lowest BCUT2D eigenvalue weighted by molar-refractivity contribution is 0.146. The van der Waals surface area contributed by atoms with Crippen molar-refractivity contribution < 1.29 is 8.42 Å². The Kier molecular flexibility index (Phi) is 5.63. The largest absolute Gasteiger partial charge is 0.383 e. The van der Waals surface area contributed by atoms with Gasteiger partial charge in [0.2, 0.25) is 10.0 Å². The monoisotopic (exact) mass is 336 g/mol. The molecule has 0 unspecified atom stereocenters. The van der Waals surface area contributed by atoms with Crippen LogP contribution in [0.4, 0.5) is 5.69 Å². The van der Waals surface area contributed by atoms with Gasteiger partial charge in [-0.15, -0.1) is 0 Å². The van der Waals surface area contributed by atoms with Crippen LogP contribution < -0.4 is 10.5 Å². The molecule has 1 aliphatic rings. The van der Waals surface area contributed by atoms with E-state index in [-0.39, 0.29) is 10.5 Å². The van der Waals surface area contributed by atoms with Gasteiger partial charge in [0.15, 0.2) is 0 Å². The maximum atomic E-state index is 11.3. The Balaban J connectivity index is 1.97. The summed E-state index contributed by atoms with van der Waals surface area (Å²) in [5.74, 6) is 1.42. The topological polar surface area (TPSA) is 99.2 Å². The molecule has 0 spiro atoms. The maximum Gasteiger partial charge on any atom is 0.238 e. The summed E-state index contributed by atoms with van der Waals surface area (Å²) >= 11 is 0. The first-order valence-electron chi connectivity index (χ1n) is 7.82. The fraction of sp³-hybridized carbons (Fsp3) is 0.562. The van der Waals surface area contributed by atoms with Crippen LogP contribution in [-0.2, 0) is 10.0 Å². The van der Waals surface area contributed by atoms with Crippen molar-refractivity contribution >= 4 is 15.7 Å². The highest BCUT2D eigenvalue weighted by molar-refractivity contribution is 7.89. The summed E-state index contributed by atoms with van der Waals surface area (Å²) in [6, 6.07) is 6.34. The number of hydrogen-bond donors (Lipinski definition) is 2. The molecule has 1 aromatic rings. The smallest absolute Gasteiger partial charge is 0.238 e. The van der Waals surface area contributed by atoms with Crippen molar-refractivity contribution in [1.82, 2.24) is 4.90 Å². The molecule has 0 amide bonds. The number of rotatable bonds is 5. The fourth-order valence-corrected chi connectivity index (χ4v) is 3.81. The van der Waals surface area contributed by atoms with Gasteiger partial charge in [0.05, 0.1) is 16.1 Å². The molecule has 0 bridgehead atoms. The SMILES string of the molecule is C[C@H]1C[C@H](C)CN(CCNc2ccc(S(N)(=O)=O)cc2C#N)C1. The third-order valence-corrected chi connectivity index (χ3v) is 5.04. The summed E-state index contributed by atoms with van der Waals surface area (Å²) in [4.78, 5) is 2.38. The predicted molar refractivity (Wildman–Crippen MR) is 90.4 cm³/mol. The van der Waals surface area contributed by atoms with Crippen LogP contribution in [0.5, 0.6) is 0 Å². The van der Waals surface area contributed by atoms with E-state index < -0.39 is 10.0 Å². The molecular formula is C16H24N4O2S. The third-order valence-electron chi connectivity index (χ3n) is 4.13. The highest BCUT2D eigenvalue weighted by Crippen LogP contribution is 2.21. The number of nitrogens with zero attached hydrogens (tertiary/aromatic N) is 2. The number of nitrogens with two attached hydrogens (primary N) is 1. The Bertz CT molecular complexity index is 687. The molecule has 0 aliphatic carbocycles. The van der Waals surface area contributed by atoms with Crippen molar-refractivity contribution in [3.8, 4) is 6.07 Å². The molecule has 0 radical (unpaired) electrons. The van der Waals surface area contributed by atoms with Crippen LogP contribution in [0, 0.1) is 23.2 Å². The lowest BCUT2D eigenvalue weighted by atomic mass is 9.92. The van der Waals surface area contributed by atoms with E-state index in [4.69, 9.17) is 5.14 Å². The summed E-state index contributed by atoms with van der Waals surface area (Å²) in [5.41, 5.74) is 0.926. The fourth-order valence-electron chi connectivity index (χ4n) is 3.27. The van der Waals surface area contributed by atoms with Crippen LogP contribution >= 0.6 is 0 Å². The van der Waals surface area contributed by atoms with Crippen LogP contribution in [0.2, 0.25) is 0 Å². The first kappa shape index (κ1) is 17.7. The number of benzene rings is 1. The maximum absolute atomic E-state index is 11.3. The Hall–Kier alpha value is -1.62. The molecule has 1 saturated heterocycles. The lowest BCUT2D eigenvalue weighted by Crippen LogP contribution is -2.41. The summed E-state index contributed by atoms with van der Waals surface area (Å²) < 4.78 is 22.7.